The molecule has 88 valence electrons. The van der Waals surface area contributed by atoms with Crippen LogP contribution < -0.4 is 0 Å². The predicted octanol–water partition coefficient (Wildman–Crippen LogP) is 1.63. The molecule has 6 heteroatoms. The summed E-state index contributed by atoms with van der Waals surface area (Å²) < 4.78 is 4.71. The van der Waals surface area contributed by atoms with E-state index in [2.05, 4.69) is 0 Å². The van der Waals surface area contributed by atoms with Gasteiger partial charge in [0.15, 0.2) is 4.84 Å². The third-order valence-corrected chi connectivity index (χ3v) is 2.26. The minimum Gasteiger partial charge on any atom is -0.509 e. The van der Waals surface area contributed by atoms with Crippen LogP contribution in [-0.4, -0.2) is 34.2 Å². The van der Waals surface area contributed by atoms with Crippen molar-refractivity contribution in [3.05, 3.63) is 35.1 Å². The fourth-order valence-electron chi connectivity index (χ4n) is 1.16. The van der Waals surface area contributed by atoms with E-state index >= 15 is 0 Å². The van der Waals surface area contributed by atoms with Crippen LogP contribution in [0, 0.1) is 0 Å². The second-order valence-electron chi connectivity index (χ2n) is 2.90. The molecular weight excluding hydrogens is 255 g/mol. The summed E-state index contributed by atoms with van der Waals surface area (Å²) >= 11 is 11.0. The van der Waals surface area contributed by atoms with E-state index in [0.29, 0.717) is 0 Å². The van der Waals surface area contributed by atoms with Crippen LogP contribution in [0.1, 0.15) is 0 Å². The number of halogens is 2. The number of rotatable bonds is 4. The van der Waals surface area contributed by atoms with Crippen molar-refractivity contribution in [1.82, 2.24) is 0 Å². The number of ether oxygens (including phenoxy) is 1. The van der Waals surface area contributed by atoms with Crippen molar-refractivity contribution in [3.63, 3.8) is 0 Å². The number of esters is 1. The van der Waals surface area contributed by atoms with Crippen molar-refractivity contribution >= 4 is 29.2 Å². The van der Waals surface area contributed by atoms with Gasteiger partial charge in [0.05, 0.1) is 12.2 Å². The summed E-state index contributed by atoms with van der Waals surface area (Å²) in [6, 6.07) is 0. The molecule has 4 nitrogen and oxygen atoms in total. The molecular formula is C10H10Cl2O4. The lowest BCUT2D eigenvalue weighted by molar-refractivity contribution is -0.139. The summed E-state index contributed by atoms with van der Waals surface area (Å²) in [5, 5.41) is 18.0. The summed E-state index contributed by atoms with van der Waals surface area (Å²) in [4.78, 5) is 10.4. The highest BCUT2D eigenvalue weighted by atomic mass is 35.5. The number of alkyl halides is 2. The Morgan fingerprint density at radius 2 is 2.19 bits per heavy atom. The Morgan fingerprint density at radius 1 is 1.50 bits per heavy atom. The van der Waals surface area contributed by atoms with Gasteiger partial charge in [-0.2, -0.15) is 0 Å². The molecule has 0 fully saturated rings. The van der Waals surface area contributed by atoms with Crippen LogP contribution in [-0.2, 0) is 9.53 Å². The number of allylic oxidation sites excluding steroid dienone is 4. The summed E-state index contributed by atoms with van der Waals surface area (Å²) in [6.45, 7) is -0.361. The Morgan fingerprint density at radius 3 is 2.75 bits per heavy atom. The maximum atomic E-state index is 11.5. The van der Waals surface area contributed by atoms with Crippen LogP contribution in [0.3, 0.4) is 0 Å². The highest BCUT2D eigenvalue weighted by Crippen LogP contribution is 2.26. The van der Waals surface area contributed by atoms with E-state index in [1.807, 2.05) is 0 Å². The van der Waals surface area contributed by atoms with Gasteiger partial charge in [-0.1, -0.05) is 35.4 Å². The van der Waals surface area contributed by atoms with E-state index < -0.39 is 10.8 Å². The zero-order valence-electron chi connectivity index (χ0n) is 8.19. The quantitative estimate of drug-likeness (QED) is 0.460. The minimum atomic E-state index is -1.10. The molecule has 0 saturated carbocycles. The SMILES string of the molecule is O=C(OCCO)C1=CC=C/C1=C(/O)C(Cl)Cl. The molecule has 1 aliphatic carbocycles. The van der Waals surface area contributed by atoms with E-state index in [4.69, 9.17) is 33.0 Å². The summed E-state index contributed by atoms with van der Waals surface area (Å²) in [7, 11) is 0. The second-order valence-corrected chi connectivity index (χ2v) is 3.99. The van der Waals surface area contributed by atoms with Gasteiger partial charge in [0.2, 0.25) is 0 Å². The molecule has 0 atom stereocenters. The van der Waals surface area contributed by atoms with Gasteiger partial charge in [-0.25, -0.2) is 4.79 Å². The number of carbonyl (C=O) groups is 1. The number of aliphatic hydroxyl groups excluding tert-OH is 2. The highest BCUT2D eigenvalue weighted by Gasteiger charge is 2.22. The summed E-state index contributed by atoms with van der Waals surface area (Å²) in [6.07, 6.45) is 4.54. The first kappa shape index (κ1) is 13.1. The van der Waals surface area contributed by atoms with Crippen molar-refractivity contribution < 1.29 is 19.7 Å². The van der Waals surface area contributed by atoms with E-state index in [9.17, 15) is 9.90 Å². The Balaban J connectivity index is 2.83. The van der Waals surface area contributed by atoms with Gasteiger partial charge in [0.25, 0.3) is 0 Å². The van der Waals surface area contributed by atoms with Crippen LogP contribution in [0.15, 0.2) is 35.1 Å². The van der Waals surface area contributed by atoms with E-state index in [0.717, 1.165) is 0 Å². The van der Waals surface area contributed by atoms with Gasteiger partial charge >= 0.3 is 5.97 Å². The monoisotopic (exact) mass is 264 g/mol. The lowest BCUT2D eigenvalue weighted by Crippen LogP contribution is -2.13. The molecule has 0 radical (unpaired) electrons. The van der Waals surface area contributed by atoms with Gasteiger partial charge < -0.3 is 14.9 Å². The van der Waals surface area contributed by atoms with Gasteiger partial charge in [0, 0.05) is 5.57 Å². The first-order valence-corrected chi connectivity index (χ1v) is 5.33. The Kier molecular flexibility index (Phi) is 4.86. The fraction of sp³-hybridized carbons (Fsp3) is 0.300. The van der Waals surface area contributed by atoms with Crippen molar-refractivity contribution in [2.24, 2.45) is 0 Å². The number of aliphatic hydroxyl groups is 2. The van der Waals surface area contributed by atoms with Crippen LogP contribution in [0.2, 0.25) is 0 Å². The normalized spacial score (nSPS) is 17.6. The van der Waals surface area contributed by atoms with E-state index in [-0.39, 0.29) is 30.1 Å². The average molecular weight is 265 g/mol. The van der Waals surface area contributed by atoms with E-state index in [1.54, 1.807) is 6.08 Å². The second kappa shape index (κ2) is 5.94. The van der Waals surface area contributed by atoms with Crippen LogP contribution in [0.25, 0.3) is 0 Å². The maximum Gasteiger partial charge on any atom is 0.338 e. The van der Waals surface area contributed by atoms with Crippen LogP contribution in [0.4, 0.5) is 0 Å². The van der Waals surface area contributed by atoms with Gasteiger partial charge in [-0.3, -0.25) is 0 Å². The van der Waals surface area contributed by atoms with Gasteiger partial charge in [0.1, 0.15) is 12.4 Å². The van der Waals surface area contributed by atoms with Crippen molar-refractivity contribution in [2.45, 2.75) is 4.84 Å². The maximum absolute atomic E-state index is 11.5. The standard InChI is InChI=1S/C10H10Cl2O4/c11-9(12)8(14)6-2-1-3-7(6)10(15)16-5-4-13/h1-3,9,13-14H,4-5H2/b8-6-. The molecule has 16 heavy (non-hydrogen) atoms. The molecule has 0 aromatic heterocycles. The topological polar surface area (TPSA) is 66.8 Å². The molecule has 0 aromatic carbocycles. The first-order valence-electron chi connectivity index (χ1n) is 4.46. The summed E-state index contributed by atoms with van der Waals surface area (Å²) in [5.41, 5.74) is 0.398. The molecule has 0 heterocycles. The Bertz CT molecular complexity index is 369. The van der Waals surface area contributed by atoms with Crippen molar-refractivity contribution in [1.29, 1.82) is 0 Å². The van der Waals surface area contributed by atoms with Crippen LogP contribution in [0.5, 0.6) is 0 Å². The van der Waals surface area contributed by atoms with Gasteiger partial charge in [-0.05, 0) is 6.08 Å². The van der Waals surface area contributed by atoms with Crippen molar-refractivity contribution in [3.8, 4) is 0 Å². The number of hydrogen-bond acceptors (Lipinski definition) is 4. The largest absolute Gasteiger partial charge is 0.509 e. The number of hydrogen-bond donors (Lipinski definition) is 2. The minimum absolute atomic E-state index is 0.102. The Hall–Kier alpha value is -0.970. The molecule has 0 amide bonds. The molecule has 0 spiro atoms. The fourth-order valence-corrected chi connectivity index (χ4v) is 1.39. The molecule has 0 saturated heterocycles. The third-order valence-electron chi connectivity index (χ3n) is 1.84. The van der Waals surface area contributed by atoms with E-state index in [1.165, 1.54) is 12.2 Å². The zero-order chi connectivity index (χ0) is 12.1. The summed E-state index contributed by atoms with van der Waals surface area (Å²) in [5.74, 6) is -0.945. The predicted molar refractivity (Wildman–Crippen MR) is 60.4 cm³/mol. The molecule has 1 rings (SSSR count). The molecule has 1 aliphatic rings. The highest BCUT2D eigenvalue weighted by molar-refractivity contribution is 6.46. The Labute approximate surface area is 102 Å². The molecule has 2 N–H and O–H groups in total. The lowest BCUT2D eigenvalue weighted by atomic mass is 10.1. The molecule has 0 unspecified atom stereocenters. The third kappa shape index (κ3) is 3.01. The van der Waals surface area contributed by atoms with Gasteiger partial charge in [-0.15, -0.1) is 0 Å². The molecule has 0 bridgehead atoms. The average Bonchev–Trinajstić information content (AvgIpc) is 2.73. The van der Waals surface area contributed by atoms with Crippen molar-refractivity contribution in [2.75, 3.05) is 13.2 Å². The smallest absolute Gasteiger partial charge is 0.338 e. The first-order chi connectivity index (χ1) is 7.57. The zero-order valence-corrected chi connectivity index (χ0v) is 9.70. The molecule has 0 aliphatic heterocycles. The van der Waals surface area contributed by atoms with Crippen LogP contribution >= 0.6 is 23.2 Å². The lowest BCUT2D eigenvalue weighted by Gasteiger charge is -2.08. The molecule has 0 aromatic rings. The number of carbonyl (C=O) groups excluding carboxylic acids is 1.